The number of hydrogen-bond acceptors (Lipinski definition) is 6. The van der Waals surface area contributed by atoms with E-state index in [4.69, 9.17) is 0 Å². The Kier molecular flexibility index (Phi) is 6.14. The third kappa shape index (κ3) is 5.19. The van der Waals surface area contributed by atoms with Gasteiger partial charge in [0.15, 0.2) is 5.17 Å². The van der Waals surface area contributed by atoms with Crippen LogP contribution in [-0.4, -0.2) is 28.0 Å². The largest absolute Gasteiger partial charge is 0.550 e. The van der Waals surface area contributed by atoms with Crippen molar-refractivity contribution < 1.29 is 14.7 Å². The lowest BCUT2D eigenvalue weighted by atomic mass is 10.0. The van der Waals surface area contributed by atoms with Gasteiger partial charge in [0.05, 0.1) is 11.0 Å². The highest BCUT2D eigenvalue weighted by atomic mass is 32.2. The fourth-order valence-electron chi connectivity index (χ4n) is 2.27. The second-order valence-corrected chi connectivity index (χ2v) is 7.25. The van der Waals surface area contributed by atoms with Crippen molar-refractivity contribution in [2.75, 3.05) is 0 Å². The van der Waals surface area contributed by atoms with E-state index in [-0.39, 0.29) is 12.3 Å². The van der Waals surface area contributed by atoms with Crippen molar-refractivity contribution in [3.63, 3.8) is 0 Å². The van der Waals surface area contributed by atoms with Gasteiger partial charge >= 0.3 is 0 Å². The van der Waals surface area contributed by atoms with E-state index in [9.17, 15) is 14.7 Å². The summed E-state index contributed by atoms with van der Waals surface area (Å²) >= 11 is 1.05. The van der Waals surface area contributed by atoms with Gasteiger partial charge in [0.2, 0.25) is 5.91 Å². The summed E-state index contributed by atoms with van der Waals surface area (Å²) in [6.07, 6.45) is 0.691. The Morgan fingerprint density at radius 1 is 1.33 bits per heavy atom. The molecule has 0 unspecified atom stereocenters. The van der Waals surface area contributed by atoms with Gasteiger partial charge in [-0.3, -0.25) is 4.79 Å². The fraction of sp³-hybridized carbons (Fsp3) is 0.412. The van der Waals surface area contributed by atoms with E-state index in [1.54, 1.807) is 0 Å². The van der Waals surface area contributed by atoms with E-state index in [0.717, 1.165) is 29.5 Å². The minimum atomic E-state index is -1.26. The zero-order chi connectivity index (χ0) is 17.7. The molecule has 0 radical (unpaired) electrons. The SMILES string of the molecule is C/C(=N/N=C1/NC(=O)[C@H](CC(=O)[O-])S1)c1ccc(CC(C)C)cc1. The van der Waals surface area contributed by atoms with E-state index in [1.807, 2.05) is 19.1 Å². The molecule has 0 saturated carbocycles. The highest BCUT2D eigenvalue weighted by Gasteiger charge is 2.30. The molecule has 1 aliphatic heterocycles. The lowest BCUT2D eigenvalue weighted by Crippen LogP contribution is -2.31. The fourth-order valence-corrected chi connectivity index (χ4v) is 3.17. The first-order valence-electron chi connectivity index (χ1n) is 7.74. The topological polar surface area (TPSA) is 94.0 Å². The van der Waals surface area contributed by atoms with Crippen molar-refractivity contribution in [1.82, 2.24) is 5.32 Å². The van der Waals surface area contributed by atoms with E-state index in [1.165, 1.54) is 5.56 Å². The van der Waals surface area contributed by atoms with Gasteiger partial charge in [-0.25, -0.2) is 0 Å². The van der Waals surface area contributed by atoms with E-state index >= 15 is 0 Å². The van der Waals surface area contributed by atoms with Gasteiger partial charge in [-0.15, -0.1) is 5.10 Å². The van der Waals surface area contributed by atoms with Gasteiger partial charge in [-0.05, 0) is 30.4 Å². The summed E-state index contributed by atoms with van der Waals surface area (Å²) in [5.41, 5.74) is 2.95. The molecule has 1 N–H and O–H groups in total. The maximum atomic E-state index is 11.6. The summed E-state index contributed by atoms with van der Waals surface area (Å²) in [6.45, 7) is 6.19. The summed E-state index contributed by atoms with van der Waals surface area (Å²) in [5.74, 6) is -1.03. The van der Waals surface area contributed by atoms with Gasteiger partial charge in [-0.2, -0.15) is 5.10 Å². The number of benzene rings is 1. The number of hydrogen-bond donors (Lipinski definition) is 1. The molecule has 0 aromatic heterocycles. The predicted molar refractivity (Wildman–Crippen MR) is 93.8 cm³/mol. The number of aliphatic carboxylic acids is 1. The van der Waals surface area contributed by atoms with Gasteiger partial charge in [0.1, 0.15) is 0 Å². The zero-order valence-electron chi connectivity index (χ0n) is 13.9. The number of carboxylic acid groups (broad SMARTS) is 1. The quantitative estimate of drug-likeness (QED) is 0.621. The molecule has 1 heterocycles. The van der Waals surface area contributed by atoms with Crippen LogP contribution in [0.25, 0.3) is 0 Å². The number of carbonyl (C=O) groups excluding carboxylic acids is 2. The Hall–Kier alpha value is -2.15. The third-order valence-electron chi connectivity index (χ3n) is 3.44. The molecule has 1 aliphatic rings. The molecule has 0 aliphatic carbocycles. The van der Waals surface area contributed by atoms with Gasteiger partial charge in [-0.1, -0.05) is 49.9 Å². The number of thioether (sulfide) groups is 1. The summed E-state index contributed by atoms with van der Waals surface area (Å²) in [6, 6.07) is 8.14. The molecule has 1 atom stereocenters. The number of carbonyl (C=O) groups is 2. The average molecular weight is 346 g/mol. The molecule has 0 spiro atoms. The Morgan fingerprint density at radius 2 is 2.00 bits per heavy atom. The maximum absolute atomic E-state index is 11.6. The summed E-state index contributed by atoms with van der Waals surface area (Å²) < 4.78 is 0. The van der Waals surface area contributed by atoms with Crippen LogP contribution in [0, 0.1) is 5.92 Å². The number of rotatable bonds is 6. The Balaban J connectivity index is 2.03. The van der Waals surface area contributed by atoms with Crippen molar-refractivity contribution in [2.45, 2.75) is 38.9 Å². The highest BCUT2D eigenvalue weighted by Crippen LogP contribution is 2.22. The van der Waals surface area contributed by atoms with Crippen LogP contribution >= 0.6 is 11.8 Å². The van der Waals surface area contributed by atoms with E-state index in [2.05, 4.69) is 41.5 Å². The molecule has 1 aromatic rings. The van der Waals surface area contributed by atoms with Gasteiger partial charge < -0.3 is 15.2 Å². The first kappa shape index (κ1) is 18.2. The lowest BCUT2D eigenvalue weighted by molar-refractivity contribution is -0.305. The molecule has 1 fully saturated rings. The minimum absolute atomic E-state index is 0.307. The van der Waals surface area contributed by atoms with Crippen LogP contribution in [0.15, 0.2) is 34.5 Å². The smallest absolute Gasteiger partial charge is 0.239 e. The summed E-state index contributed by atoms with van der Waals surface area (Å²) in [4.78, 5) is 22.2. The highest BCUT2D eigenvalue weighted by molar-refractivity contribution is 8.15. The molecule has 24 heavy (non-hydrogen) atoms. The second-order valence-electron chi connectivity index (χ2n) is 6.06. The van der Waals surface area contributed by atoms with Crippen molar-refractivity contribution in [1.29, 1.82) is 0 Å². The average Bonchev–Trinajstić information content (AvgIpc) is 2.84. The molecule has 0 bridgehead atoms. The van der Waals surface area contributed by atoms with Crippen LogP contribution in [0.1, 0.15) is 38.3 Å². The summed E-state index contributed by atoms with van der Waals surface area (Å²) in [7, 11) is 0. The molecule has 1 amide bonds. The first-order valence-corrected chi connectivity index (χ1v) is 8.62. The Bertz CT molecular complexity index is 681. The van der Waals surface area contributed by atoms with Crippen LogP contribution in [0.5, 0.6) is 0 Å². The van der Waals surface area contributed by atoms with E-state index in [0.29, 0.717) is 11.1 Å². The van der Waals surface area contributed by atoms with Crippen molar-refractivity contribution >= 4 is 34.5 Å². The van der Waals surface area contributed by atoms with Crippen molar-refractivity contribution in [2.24, 2.45) is 16.1 Å². The lowest BCUT2D eigenvalue weighted by Gasteiger charge is -2.06. The van der Waals surface area contributed by atoms with E-state index < -0.39 is 11.2 Å². The minimum Gasteiger partial charge on any atom is -0.550 e. The van der Waals surface area contributed by atoms with Gasteiger partial charge in [0, 0.05) is 12.4 Å². The zero-order valence-corrected chi connectivity index (χ0v) is 14.7. The van der Waals surface area contributed by atoms with Crippen molar-refractivity contribution in [3.8, 4) is 0 Å². The monoisotopic (exact) mass is 346 g/mol. The maximum Gasteiger partial charge on any atom is 0.239 e. The molecule has 6 nitrogen and oxygen atoms in total. The molecule has 1 saturated heterocycles. The first-order chi connectivity index (χ1) is 11.3. The number of nitrogens with one attached hydrogen (secondary N) is 1. The van der Waals surface area contributed by atoms with Crippen LogP contribution in [-0.2, 0) is 16.0 Å². The van der Waals surface area contributed by atoms with Crippen LogP contribution in [0.3, 0.4) is 0 Å². The number of nitrogens with zero attached hydrogens (tertiary/aromatic N) is 2. The normalized spacial score (nSPS) is 19.8. The molecule has 128 valence electrons. The molecule has 1 aromatic carbocycles. The third-order valence-corrected chi connectivity index (χ3v) is 4.51. The Labute approximate surface area is 145 Å². The molecule has 7 heteroatoms. The number of carboxylic acids is 1. The summed E-state index contributed by atoms with van der Waals surface area (Å²) in [5, 5.41) is 20.8. The van der Waals surface area contributed by atoms with Crippen LogP contribution < -0.4 is 10.4 Å². The second kappa shape index (κ2) is 8.10. The van der Waals surface area contributed by atoms with Crippen molar-refractivity contribution in [3.05, 3.63) is 35.4 Å². The van der Waals surface area contributed by atoms with Crippen LogP contribution in [0.4, 0.5) is 0 Å². The Morgan fingerprint density at radius 3 is 2.58 bits per heavy atom. The molecule has 2 rings (SSSR count). The molecular formula is C17H20N3O3S-. The number of amides is 1. The number of amidine groups is 1. The molecular weight excluding hydrogens is 326 g/mol. The standard InChI is InChI=1S/C17H21N3O3S/c1-10(2)8-12-4-6-13(7-5-12)11(3)19-20-17-18-16(23)14(24-17)9-15(21)22/h4-7,10,14H,8-9H2,1-3H3,(H,21,22)(H,18,20,23)/p-1/b19-11-/t14-/m0/s1. The predicted octanol–water partition coefficient (Wildman–Crippen LogP) is 1.34. The van der Waals surface area contributed by atoms with Crippen LogP contribution in [0.2, 0.25) is 0 Å². The van der Waals surface area contributed by atoms with Gasteiger partial charge in [0.25, 0.3) is 0 Å².